The highest BCUT2D eigenvalue weighted by atomic mass is 19.1. The number of urea groups is 1. The molecule has 0 aliphatic rings. The molecule has 0 fully saturated rings. The van der Waals surface area contributed by atoms with E-state index < -0.39 is 29.4 Å². The molecule has 142 valence electrons. The van der Waals surface area contributed by atoms with Crippen LogP contribution >= 0.6 is 0 Å². The maximum atomic E-state index is 13.8. The second-order valence-electron chi connectivity index (χ2n) is 5.71. The highest BCUT2D eigenvalue weighted by Gasteiger charge is 2.15. The fourth-order valence-corrected chi connectivity index (χ4v) is 2.41. The van der Waals surface area contributed by atoms with E-state index in [-0.39, 0.29) is 22.6 Å². The van der Waals surface area contributed by atoms with Gasteiger partial charge in [-0.05, 0) is 48.5 Å². The van der Waals surface area contributed by atoms with Gasteiger partial charge in [-0.25, -0.2) is 18.0 Å². The van der Waals surface area contributed by atoms with Gasteiger partial charge in [0.05, 0.1) is 16.9 Å². The van der Waals surface area contributed by atoms with E-state index in [1.807, 2.05) is 0 Å². The third-order valence-corrected chi connectivity index (χ3v) is 3.68. The fraction of sp³-hybridized carbons (Fsp3) is 0. The van der Waals surface area contributed by atoms with Crippen LogP contribution in [-0.4, -0.2) is 11.9 Å². The largest absolute Gasteiger partial charge is 0.323 e. The summed E-state index contributed by atoms with van der Waals surface area (Å²) in [6, 6.07) is 13.1. The molecule has 5 nitrogen and oxygen atoms in total. The van der Waals surface area contributed by atoms with Crippen molar-refractivity contribution in [1.29, 1.82) is 0 Å². The molecule has 0 atom stereocenters. The fourth-order valence-electron chi connectivity index (χ4n) is 2.41. The van der Waals surface area contributed by atoms with Gasteiger partial charge >= 0.3 is 6.03 Å². The van der Waals surface area contributed by atoms with E-state index in [1.54, 1.807) is 0 Å². The third-order valence-electron chi connectivity index (χ3n) is 3.68. The molecule has 0 unspecified atom stereocenters. The Balaban J connectivity index is 1.78. The topological polar surface area (TPSA) is 70.2 Å². The molecule has 0 radical (unpaired) electrons. The Morgan fingerprint density at radius 2 is 1.43 bits per heavy atom. The van der Waals surface area contributed by atoms with Crippen LogP contribution in [-0.2, 0) is 0 Å². The molecule has 3 aromatic carbocycles. The molecule has 8 heteroatoms. The first-order valence-electron chi connectivity index (χ1n) is 8.11. The summed E-state index contributed by atoms with van der Waals surface area (Å²) >= 11 is 0. The lowest BCUT2D eigenvalue weighted by atomic mass is 10.2. The molecule has 0 bridgehead atoms. The van der Waals surface area contributed by atoms with Crippen LogP contribution in [0, 0.1) is 17.5 Å². The number of anilines is 3. The minimum atomic E-state index is -0.808. The average molecular weight is 385 g/mol. The number of amides is 3. The number of carbonyl (C=O) groups is 2. The molecule has 0 aromatic heterocycles. The predicted molar refractivity (Wildman–Crippen MR) is 99.8 cm³/mol. The van der Waals surface area contributed by atoms with Crippen molar-refractivity contribution in [2.45, 2.75) is 0 Å². The summed E-state index contributed by atoms with van der Waals surface area (Å²) in [5.41, 5.74) is -0.0267. The molecule has 0 heterocycles. The standard InChI is InChI=1S/C20H14F3N3O2/c21-12-4-3-5-14(10-12)24-20(28)26-17-9-8-13(22)11-18(17)25-19(27)15-6-1-2-7-16(15)23/h1-11H,(H,25,27)(H2,24,26,28). The van der Waals surface area contributed by atoms with Crippen LogP contribution in [0.25, 0.3) is 0 Å². The lowest BCUT2D eigenvalue weighted by Crippen LogP contribution is -2.21. The Labute approximate surface area is 158 Å². The molecule has 3 N–H and O–H groups in total. The monoisotopic (exact) mass is 385 g/mol. The highest BCUT2D eigenvalue weighted by molar-refractivity contribution is 6.08. The average Bonchev–Trinajstić information content (AvgIpc) is 2.64. The van der Waals surface area contributed by atoms with Gasteiger partial charge in [0, 0.05) is 5.69 Å². The molecular weight excluding hydrogens is 371 g/mol. The summed E-state index contributed by atoms with van der Waals surface area (Å²) in [4.78, 5) is 24.4. The molecule has 0 aliphatic heterocycles. The lowest BCUT2D eigenvalue weighted by Gasteiger charge is -2.13. The van der Waals surface area contributed by atoms with Crippen molar-refractivity contribution in [3.05, 3.63) is 89.7 Å². The van der Waals surface area contributed by atoms with Crippen LogP contribution in [0.5, 0.6) is 0 Å². The minimum Gasteiger partial charge on any atom is -0.320 e. The third kappa shape index (κ3) is 4.67. The van der Waals surface area contributed by atoms with Gasteiger partial charge in [-0.3, -0.25) is 4.79 Å². The van der Waals surface area contributed by atoms with Crippen LogP contribution in [0.1, 0.15) is 10.4 Å². The van der Waals surface area contributed by atoms with Crippen molar-refractivity contribution >= 4 is 29.0 Å². The maximum absolute atomic E-state index is 13.8. The van der Waals surface area contributed by atoms with Crippen molar-refractivity contribution in [3.8, 4) is 0 Å². The van der Waals surface area contributed by atoms with Crippen molar-refractivity contribution in [3.63, 3.8) is 0 Å². The van der Waals surface area contributed by atoms with Gasteiger partial charge in [0.15, 0.2) is 0 Å². The minimum absolute atomic E-state index is 0.0670. The molecule has 3 aromatic rings. The Hall–Kier alpha value is -3.81. The number of benzene rings is 3. The van der Waals surface area contributed by atoms with Crippen molar-refractivity contribution in [2.24, 2.45) is 0 Å². The molecule has 0 saturated heterocycles. The van der Waals surface area contributed by atoms with Crippen molar-refractivity contribution in [1.82, 2.24) is 0 Å². The Bertz CT molecular complexity index is 1040. The zero-order valence-electron chi connectivity index (χ0n) is 14.3. The normalized spacial score (nSPS) is 10.2. The predicted octanol–water partition coefficient (Wildman–Crippen LogP) is 5.00. The molecule has 0 aliphatic carbocycles. The van der Waals surface area contributed by atoms with Gasteiger partial charge in [0.1, 0.15) is 17.5 Å². The van der Waals surface area contributed by atoms with Crippen LogP contribution in [0.4, 0.5) is 35.0 Å². The van der Waals surface area contributed by atoms with Crippen LogP contribution in [0.2, 0.25) is 0 Å². The summed E-state index contributed by atoms with van der Waals surface area (Å²) in [7, 11) is 0. The van der Waals surface area contributed by atoms with Gasteiger partial charge in [-0.1, -0.05) is 18.2 Å². The maximum Gasteiger partial charge on any atom is 0.323 e. The van der Waals surface area contributed by atoms with Crippen LogP contribution < -0.4 is 16.0 Å². The SMILES string of the molecule is O=C(Nc1cccc(F)c1)Nc1ccc(F)cc1NC(=O)c1ccccc1F. The Kier molecular flexibility index (Phi) is 5.59. The number of rotatable bonds is 4. The number of nitrogens with one attached hydrogen (secondary N) is 3. The highest BCUT2D eigenvalue weighted by Crippen LogP contribution is 2.24. The van der Waals surface area contributed by atoms with E-state index >= 15 is 0 Å². The first-order chi connectivity index (χ1) is 13.4. The smallest absolute Gasteiger partial charge is 0.320 e. The molecule has 28 heavy (non-hydrogen) atoms. The quantitative estimate of drug-likeness (QED) is 0.592. The zero-order chi connectivity index (χ0) is 20.1. The first-order valence-corrected chi connectivity index (χ1v) is 8.11. The number of hydrogen-bond acceptors (Lipinski definition) is 2. The summed E-state index contributed by atoms with van der Waals surface area (Å²) in [6.45, 7) is 0. The summed E-state index contributed by atoms with van der Waals surface area (Å²) in [5.74, 6) is -2.75. The van der Waals surface area contributed by atoms with Gasteiger partial charge in [0.2, 0.25) is 0 Å². The molecule has 0 spiro atoms. The summed E-state index contributed by atoms with van der Waals surface area (Å²) < 4.78 is 40.6. The van der Waals surface area contributed by atoms with Crippen molar-refractivity contribution in [2.75, 3.05) is 16.0 Å². The van der Waals surface area contributed by atoms with E-state index in [2.05, 4.69) is 16.0 Å². The van der Waals surface area contributed by atoms with E-state index in [1.165, 1.54) is 42.5 Å². The second-order valence-corrected chi connectivity index (χ2v) is 5.71. The molecular formula is C20H14F3N3O2. The second kappa shape index (κ2) is 8.26. The number of halogens is 3. The first kappa shape index (κ1) is 19.0. The van der Waals surface area contributed by atoms with E-state index in [9.17, 15) is 22.8 Å². The lowest BCUT2D eigenvalue weighted by molar-refractivity contribution is 0.102. The van der Waals surface area contributed by atoms with Gasteiger partial charge in [0.25, 0.3) is 5.91 Å². The number of hydrogen-bond donors (Lipinski definition) is 3. The van der Waals surface area contributed by atoms with E-state index in [0.717, 1.165) is 24.3 Å². The van der Waals surface area contributed by atoms with Gasteiger partial charge in [-0.15, -0.1) is 0 Å². The van der Waals surface area contributed by atoms with Gasteiger partial charge < -0.3 is 16.0 Å². The van der Waals surface area contributed by atoms with Crippen LogP contribution in [0.15, 0.2) is 66.7 Å². The number of carbonyl (C=O) groups excluding carboxylic acids is 2. The van der Waals surface area contributed by atoms with Gasteiger partial charge in [-0.2, -0.15) is 0 Å². The van der Waals surface area contributed by atoms with E-state index in [0.29, 0.717) is 0 Å². The molecule has 3 rings (SSSR count). The zero-order valence-corrected chi connectivity index (χ0v) is 14.3. The van der Waals surface area contributed by atoms with E-state index in [4.69, 9.17) is 0 Å². The molecule has 0 saturated carbocycles. The summed E-state index contributed by atoms with van der Waals surface area (Å²) in [6.07, 6.45) is 0. The van der Waals surface area contributed by atoms with Crippen molar-refractivity contribution < 1.29 is 22.8 Å². The molecule has 3 amide bonds. The Morgan fingerprint density at radius 3 is 2.18 bits per heavy atom. The van der Waals surface area contributed by atoms with Crippen LogP contribution in [0.3, 0.4) is 0 Å². The Morgan fingerprint density at radius 1 is 0.679 bits per heavy atom. The summed E-state index contributed by atoms with van der Waals surface area (Å²) in [5, 5.41) is 7.21.